The molecule has 7 rings (SSSR count). The zero-order valence-corrected chi connectivity index (χ0v) is 37.2. The fourth-order valence-corrected chi connectivity index (χ4v) is 11.1. The lowest BCUT2D eigenvalue weighted by molar-refractivity contribution is -0.307. The normalized spacial score (nSPS) is 40.5. The van der Waals surface area contributed by atoms with E-state index < -0.39 is 115 Å². The number of nitrogens with zero attached hydrogens (tertiary/aromatic N) is 1. The fraction of sp³-hybridized carbons (Fsp3) is 0.829. The molecule has 6 saturated heterocycles. The van der Waals surface area contributed by atoms with E-state index in [1.807, 2.05) is 11.8 Å². The van der Waals surface area contributed by atoms with E-state index in [1.165, 1.54) is 26.0 Å². The molecule has 4 unspecified atom stereocenters. The van der Waals surface area contributed by atoms with Crippen LogP contribution >= 0.6 is 11.8 Å². The molecule has 24 heteroatoms. The molecule has 23 nitrogen and oxygen atoms in total. The van der Waals surface area contributed by atoms with Gasteiger partial charge in [-0.15, -0.1) is 0 Å². The van der Waals surface area contributed by atoms with Crippen LogP contribution in [0.5, 0.6) is 0 Å². The number of aliphatic hydroxyl groups excluding tert-OH is 6. The van der Waals surface area contributed by atoms with E-state index in [2.05, 4.69) is 21.3 Å². The summed E-state index contributed by atoms with van der Waals surface area (Å²) in [7, 11) is 0. The topological polar surface area (TPSA) is 323 Å². The molecule has 6 fully saturated rings. The molecule has 0 aromatic rings. The lowest BCUT2D eigenvalue weighted by Crippen LogP contribution is -2.58. The van der Waals surface area contributed by atoms with Gasteiger partial charge in [-0.3, -0.25) is 24.1 Å². The average Bonchev–Trinajstić information content (AvgIpc) is 4.08. The predicted molar refractivity (Wildman–Crippen MR) is 222 cm³/mol. The van der Waals surface area contributed by atoms with Crippen LogP contribution in [0.4, 0.5) is 4.79 Å². The minimum Gasteiger partial charge on any atom is -0.388 e. The molecule has 2 bridgehead atoms. The summed E-state index contributed by atoms with van der Waals surface area (Å²) in [6.45, 7) is 3.26. The van der Waals surface area contributed by atoms with Crippen molar-refractivity contribution in [3.63, 3.8) is 0 Å². The molecule has 7 aliphatic rings. The van der Waals surface area contributed by atoms with Crippen molar-refractivity contribution >= 4 is 41.4 Å². The SMILES string of the molecule is C[C@H]1OC(OC[C@@]23C=C[C@@](COC4O[C@H](C)[C@H](O)[C@H](O)[C@H]4O)(O2)C2C(=O)N(CCC(=O)NCCOCCOCCNC(=O)CCCC[C@@H]4SC[C@@H]5NC(=O)N[C@@H]54)C(=O)C23)[C@H](O)[C@@H](O)[C@H]1O. The van der Waals surface area contributed by atoms with Crippen LogP contribution in [0.3, 0.4) is 0 Å². The van der Waals surface area contributed by atoms with Gasteiger partial charge in [0, 0.05) is 43.5 Å². The number of hydrogen-bond acceptors (Lipinski definition) is 19. The summed E-state index contributed by atoms with van der Waals surface area (Å²) >= 11 is 1.85. The van der Waals surface area contributed by atoms with Crippen molar-refractivity contribution in [1.82, 2.24) is 26.2 Å². The van der Waals surface area contributed by atoms with Crippen molar-refractivity contribution in [1.29, 1.82) is 0 Å². The van der Waals surface area contributed by atoms with Gasteiger partial charge in [-0.2, -0.15) is 11.8 Å². The number of fused-ring (bicyclic) bond motifs is 6. The highest BCUT2D eigenvalue weighted by atomic mass is 32.2. The highest BCUT2D eigenvalue weighted by Gasteiger charge is 2.74. The molecule has 7 aliphatic heterocycles. The van der Waals surface area contributed by atoms with Gasteiger partial charge in [0.25, 0.3) is 0 Å². The maximum absolute atomic E-state index is 14.1. The highest BCUT2D eigenvalue weighted by Crippen LogP contribution is 2.58. The third kappa shape index (κ3) is 10.8. The second kappa shape index (κ2) is 21.5. The number of nitrogens with one attached hydrogen (secondary N) is 4. The number of urea groups is 1. The summed E-state index contributed by atoms with van der Waals surface area (Å²) in [6.07, 6.45) is -8.20. The van der Waals surface area contributed by atoms with Crippen LogP contribution in [0.1, 0.15) is 46.0 Å². The van der Waals surface area contributed by atoms with Gasteiger partial charge in [-0.05, 0) is 26.7 Å². The monoisotopic (exact) mass is 945 g/mol. The molecule has 0 saturated carbocycles. The van der Waals surface area contributed by atoms with E-state index in [1.54, 1.807) is 0 Å². The Morgan fingerprint density at radius 2 is 1.26 bits per heavy atom. The molecule has 65 heavy (non-hydrogen) atoms. The van der Waals surface area contributed by atoms with Gasteiger partial charge in [0.2, 0.25) is 23.6 Å². The Morgan fingerprint density at radius 3 is 1.80 bits per heavy atom. The Labute approximate surface area is 379 Å². The molecule has 6 amide bonds. The van der Waals surface area contributed by atoms with Crippen LogP contribution < -0.4 is 21.3 Å². The van der Waals surface area contributed by atoms with Crippen molar-refractivity contribution in [2.24, 2.45) is 11.8 Å². The first-order valence-electron chi connectivity index (χ1n) is 22.3. The third-order valence-electron chi connectivity index (χ3n) is 13.2. The maximum Gasteiger partial charge on any atom is 0.315 e. The number of rotatable bonds is 23. The summed E-state index contributed by atoms with van der Waals surface area (Å²) in [5, 5.41) is 73.9. The Morgan fingerprint density at radius 1 is 0.738 bits per heavy atom. The Balaban J connectivity index is 0.812. The van der Waals surface area contributed by atoms with Crippen molar-refractivity contribution in [3.8, 4) is 0 Å². The molecule has 0 radical (unpaired) electrons. The Hall–Kier alpha value is -3.08. The van der Waals surface area contributed by atoms with Gasteiger partial charge in [0.05, 0.1) is 75.8 Å². The van der Waals surface area contributed by atoms with Crippen LogP contribution in [-0.2, 0) is 52.3 Å². The molecule has 0 spiro atoms. The van der Waals surface area contributed by atoms with Gasteiger partial charge >= 0.3 is 6.03 Å². The zero-order chi connectivity index (χ0) is 46.6. The van der Waals surface area contributed by atoms with Crippen LogP contribution in [0.25, 0.3) is 0 Å². The summed E-state index contributed by atoms with van der Waals surface area (Å²) in [6, 6.07) is 0.244. The predicted octanol–water partition coefficient (Wildman–Crippen LogP) is -4.27. The summed E-state index contributed by atoms with van der Waals surface area (Å²) in [4.78, 5) is 65.7. The summed E-state index contributed by atoms with van der Waals surface area (Å²) < 4.78 is 40.4. The number of carbonyl (C=O) groups is 5. The van der Waals surface area contributed by atoms with Crippen molar-refractivity contribution in [3.05, 3.63) is 12.2 Å². The van der Waals surface area contributed by atoms with Crippen LogP contribution in [0.2, 0.25) is 0 Å². The van der Waals surface area contributed by atoms with Gasteiger partial charge in [0.15, 0.2) is 12.6 Å². The smallest absolute Gasteiger partial charge is 0.315 e. The van der Waals surface area contributed by atoms with Crippen LogP contribution in [0, 0.1) is 11.8 Å². The minimum atomic E-state index is -1.66. The average molecular weight is 946 g/mol. The first kappa shape index (κ1) is 49.8. The quantitative estimate of drug-likeness (QED) is 0.0201. The summed E-state index contributed by atoms with van der Waals surface area (Å²) in [5.41, 5.74) is -3.24. The molecule has 0 aromatic carbocycles. The number of imide groups is 1. The van der Waals surface area contributed by atoms with E-state index in [0.717, 1.165) is 29.9 Å². The number of ether oxygens (including phenoxy) is 7. The molecule has 7 heterocycles. The minimum absolute atomic E-state index is 0.0479. The number of carbonyl (C=O) groups excluding carboxylic acids is 5. The molecular formula is C41H63N5O18S. The van der Waals surface area contributed by atoms with Crippen LogP contribution in [-0.4, -0.2) is 220 Å². The van der Waals surface area contributed by atoms with Crippen molar-refractivity contribution in [2.75, 3.05) is 65.0 Å². The van der Waals surface area contributed by atoms with E-state index in [-0.39, 0.29) is 63.4 Å². The Bertz CT molecular complexity index is 1680. The second-order valence-corrected chi connectivity index (χ2v) is 18.9. The second-order valence-electron chi connectivity index (χ2n) is 17.7. The first-order chi connectivity index (χ1) is 31.1. The molecular weight excluding hydrogens is 883 g/mol. The lowest BCUT2D eigenvalue weighted by Gasteiger charge is -2.40. The maximum atomic E-state index is 14.1. The Kier molecular flexibility index (Phi) is 16.5. The zero-order valence-electron chi connectivity index (χ0n) is 36.4. The standard InChI is InChI=1S/C41H63N5O18S/c1-20-29(49)31(51)33(53)37(62-20)60-18-40-8-9-41(64-40,19-61-38-34(54)32(52)30(50)21(2)63-38)27-26(40)35(55)46(36(27)56)12-7-25(48)43-11-14-59-16-15-58-13-10-42-24(47)6-4-3-5-23-28-22(17-65-23)44-39(57)45-28/h8-9,20-23,26-34,37-38,49-54H,3-7,10-19H2,1-2H3,(H,42,47)(H,43,48)(H2,44,45,57)/t20-,21-,22+,23+,26?,27?,28+,29+,30+,31+,32+,33-,34-,37?,38?,40-,41+/m1/s1. The van der Waals surface area contributed by atoms with Gasteiger partial charge in [-0.1, -0.05) is 18.6 Å². The number of unbranched alkanes of at least 4 members (excludes halogenated alkanes) is 1. The lowest BCUT2D eigenvalue weighted by atomic mass is 9.72. The van der Waals surface area contributed by atoms with Crippen LogP contribution in [0.15, 0.2) is 12.2 Å². The van der Waals surface area contributed by atoms with E-state index in [0.29, 0.717) is 24.8 Å². The molecule has 17 atom stereocenters. The van der Waals surface area contributed by atoms with Gasteiger partial charge < -0.3 is 85.1 Å². The largest absolute Gasteiger partial charge is 0.388 e. The first-order valence-corrected chi connectivity index (χ1v) is 23.4. The molecule has 0 aliphatic carbocycles. The highest BCUT2D eigenvalue weighted by molar-refractivity contribution is 8.00. The fourth-order valence-electron chi connectivity index (χ4n) is 9.54. The molecule has 0 aromatic heterocycles. The molecule has 366 valence electrons. The summed E-state index contributed by atoms with van der Waals surface area (Å²) in [5.74, 6) is -3.30. The van der Waals surface area contributed by atoms with E-state index in [9.17, 15) is 54.6 Å². The number of likely N-dealkylation sites (tertiary alicyclic amines) is 1. The van der Waals surface area contributed by atoms with E-state index >= 15 is 0 Å². The number of aliphatic hydroxyl groups is 6. The van der Waals surface area contributed by atoms with Crippen molar-refractivity contribution in [2.45, 2.75) is 136 Å². The van der Waals surface area contributed by atoms with Gasteiger partial charge in [-0.25, -0.2) is 4.79 Å². The number of thioether (sulfide) groups is 1. The molecule has 10 N–H and O–H groups in total. The van der Waals surface area contributed by atoms with Gasteiger partial charge in [0.1, 0.15) is 47.8 Å². The third-order valence-corrected chi connectivity index (χ3v) is 14.7. The number of amides is 6. The number of hydrogen-bond donors (Lipinski definition) is 10. The van der Waals surface area contributed by atoms with Crippen molar-refractivity contribution < 1.29 is 87.8 Å². The van der Waals surface area contributed by atoms with E-state index in [4.69, 9.17) is 33.2 Å².